The van der Waals surface area contributed by atoms with Crippen molar-refractivity contribution >= 4 is 28.6 Å². The number of aromatic nitrogens is 2. The molecule has 0 aliphatic heterocycles. The Labute approximate surface area is 176 Å². The maximum atomic E-state index is 13.2. The molecule has 1 aliphatic carbocycles. The van der Waals surface area contributed by atoms with Gasteiger partial charge < -0.3 is 5.32 Å². The highest BCUT2D eigenvalue weighted by atomic mass is 32.2. The standard InChI is InChI=1S/C22H20F3N3OS/c1-13(19(29)26-17-12-6-8-14-7-2-3-9-15(14)17)30-20-16-10-4-5-11-18(16)27-21(28-20)22(23,24)25/h2-5,7,9-11,13,17H,6,8,12H2,1H3,(H,26,29)/t13-,17+/m1/s1. The molecule has 3 aromatic rings. The second-order valence-electron chi connectivity index (χ2n) is 7.28. The van der Waals surface area contributed by atoms with Gasteiger partial charge in [-0.05, 0) is 43.4 Å². The van der Waals surface area contributed by atoms with Gasteiger partial charge in [0.1, 0.15) is 5.03 Å². The Morgan fingerprint density at radius 1 is 1.13 bits per heavy atom. The van der Waals surface area contributed by atoms with E-state index in [4.69, 9.17) is 0 Å². The molecule has 1 aliphatic rings. The van der Waals surface area contributed by atoms with Crippen LogP contribution in [0.5, 0.6) is 0 Å². The van der Waals surface area contributed by atoms with Crippen molar-refractivity contribution in [2.45, 2.75) is 48.7 Å². The molecule has 2 aromatic carbocycles. The number of thioether (sulfide) groups is 1. The molecule has 30 heavy (non-hydrogen) atoms. The van der Waals surface area contributed by atoms with Gasteiger partial charge >= 0.3 is 6.18 Å². The van der Waals surface area contributed by atoms with Crippen LogP contribution in [-0.2, 0) is 17.4 Å². The van der Waals surface area contributed by atoms with Gasteiger partial charge in [0.25, 0.3) is 0 Å². The van der Waals surface area contributed by atoms with E-state index in [2.05, 4.69) is 21.4 Å². The third kappa shape index (κ3) is 4.28. The molecular weight excluding hydrogens is 411 g/mol. The number of aryl methyl sites for hydroxylation is 1. The molecule has 0 radical (unpaired) electrons. The Bertz CT molecular complexity index is 1090. The van der Waals surface area contributed by atoms with Gasteiger partial charge in [-0.25, -0.2) is 9.97 Å². The molecule has 156 valence electrons. The molecule has 0 spiro atoms. The van der Waals surface area contributed by atoms with E-state index in [1.165, 1.54) is 11.6 Å². The summed E-state index contributed by atoms with van der Waals surface area (Å²) in [5, 5.41) is 3.10. The molecule has 0 saturated heterocycles. The molecule has 1 aromatic heterocycles. The topological polar surface area (TPSA) is 54.9 Å². The highest BCUT2D eigenvalue weighted by Crippen LogP contribution is 2.34. The summed E-state index contributed by atoms with van der Waals surface area (Å²) in [6, 6.07) is 14.5. The van der Waals surface area contributed by atoms with E-state index in [9.17, 15) is 18.0 Å². The summed E-state index contributed by atoms with van der Waals surface area (Å²) in [5.41, 5.74) is 2.54. The Hall–Kier alpha value is -2.61. The van der Waals surface area contributed by atoms with Crippen LogP contribution >= 0.6 is 11.8 Å². The second kappa shape index (κ2) is 8.26. The summed E-state index contributed by atoms with van der Waals surface area (Å²) in [6.45, 7) is 1.68. The molecule has 0 fully saturated rings. The Balaban J connectivity index is 1.56. The highest BCUT2D eigenvalue weighted by molar-refractivity contribution is 8.00. The number of para-hydroxylation sites is 1. The van der Waals surface area contributed by atoms with Crippen LogP contribution in [0.15, 0.2) is 53.6 Å². The van der Waals surface area contributed by atoms with Crippen LogP contribution < -0.4 is 5.32 Å². The van der Waals surface area contributed by atoms with Crippen LogP contribution in [0.3, 0.4) is 0 Å². The third-order valence-corrected chi connectivity index (χ3v) is 6.27. The summed E-state index contributed by atoms with van der Waals surface area (Å²) >= 11 is 1.02. The zero-order valence-corrected chi connectivity index (χ0v) is 17.1. The van der Waals surface area contributed by atoms with Gasteiger partial charge in [0, 0.05) is 5.39 Å². The Kier molecular flexibility index (Phi) is 5.69. The molecule has 0 bridgehead atoms. The molecule has 2 atom stereocenters. The number of fused-ring (bicyclic) bond motifs is 2. The first-order valence-corrected chi connectivity index (χ1v) is 10.6. The zero-order chi connectivity index (χ0) is 21.3. The number of halogens is 3. The number of hydrogen-bond acceptors (Lipinski definition) is 4. The van der Waals surface area contributed by atoms with Crippen molar-refractivity contribution in [2.75, 3.05) is 0 Å². The molecule has 1 heterocycles. The minimum absolute atomic E-state index is 0.0848. The summed E-state index contributed by atoms with van der Waals surface area (Å²) < 4.78 is 39.7. The first-order valence-electron chi connectivity index (χ1n) is 9.72. The molecule has 0 unspecified atom stereocenters. The number of carbonyl (C=O) groups is 1. The quantitative estimate of drug-likeness (QED) is 0.449. The molecule has 8 heteroatoms. The number of amides is 1. The monoisotopic (exact) mass is 431 g/mol. The van der Waals surface area contributed by atoms with E-state index in [0.717, 1.165) is 36.6 Å². The lowest BCUT2D eigenvalue weighted by Crippen LogP contribution is -2.36. The SMILES string of the molecule is C[C@@H](Sc1nc(C(F)(F)F)nc2ccccc12)C(=O)N[C@H]1CCCc2ccccc21. The molecule has 1 amide bonds. The van der Waals surface area contributed by atoms with Gasteiger partial charge in [-0.15, -0.1) is 0 Å². The van der Waals surface area contributed by atoms with Crippen LogP contribution in [0.2, 0.25) is 0 Å². The summed E-state index contributed by atoms with van der Waals surface area (Å²) in [4.78, 5) is 20.2. The average Bonchev–Trinajstić information content (AvgIpc) is 2.73. The maximum absolute atomic E-state index is 13.2. The van der Waals surface area contributed by atoms with Gasteiger partial charge in [0.15, 0.2) is 0 Å². The van der Waals surface area contributed by atoms with Crippen molar-refractivity contribution in [2.24, 2.45) is 0 Å². The van der Waals surface area contributed by atoms with E-state index < -0.39 is 17.3 Å². The number of nitrogens with one attached hydrogen (secondary N) is 1. The molecule has 4 nitrogen and oxygen atoms in total. The van der Waals surface area contributed by atoms with E-state index >= 15 is 0 Å². The van der Waals surface area contributed by atoms with Gasteiger partial charge in [0.05, 0.1) is 16.8 Å². The second-order valence-corrected chi connectivity index (χ2v) is 8.61. The van der Waals surface area contributed by atoms with Crippen molar-refractivity contribution < 1.29 is 18.0 Å². The normalized spacial score (nSPS) is 17.4. The number of hydrogen-bond donors (Lipinski definition) is 1. The number of carbonyl (C=O) groups excluding carboxylic acids is 1. The molecule has 0 saturated carbocycles. The third-order valence-electron chi connectivity index (χ3n) is 5.17. The van der Waals surface area contributed by atoms with E-state index in [1.54, 1.807) is 25.1 Å². The first kappa shape index (κ1) is 20.7. The van der Waals surface area contributed by atoms with Gasteiger partial charge in [0.2, 0.25) is 11.7 Å². The fourth-order valence-electron chi connectivity index (χ4n) is 3.68. The fraction of sp³-hybridized carbons (Fsp3) is 0.318. The lowest BCUT2D eigenvalue weighted by Gasteiger charge is -2.27. The van der Waals surface area contributed by atoms with Crippen molar-refractivity contribution in [3.05, 3.63) is 65.5 Å². The Morgan fingerprint density at radius 3 is 2.67 bits per heavy atom. The zero-order valence-electron chi connectivity index (χ0n) is 16.2. The first-order chi connectivity index (χ1) is 14.3. The number of alkyl halides is 3. The van der Waals surface area contributed by atoms with Crippen LogP contribution in [-0.4, -0.2) is 21.1 Å². The van der Waals surface area contributed by atoms with Gasteiger partial charge in [-0.1, -0.05) is 54.2 Å². The summed E-state index contributed by atoms with van der Waals surface area (Å²) in [7, 11) is 0. The minimum Gasteiger partial charge on any atom is -0.348 e. The van der Waals surface area contributed by atoms with Gasteiger partial charge in [-0.2, -0.15) is 13.2 Å². The minimum atomic E-state index is -4.66. The lowest BCUT2D eigenvalue weighted by atomic mass is 9.88. The van der Waals surface area contributed by atoms with Crippen LogP contribution in [0.4, 0.5) is 13.2 Å². The summed E-state index contributed by atoms with van der Waals surface area (Å²) in [6.07, 6.45) is -1.85. The predicted molar refractivity (Wildman–Crippen MR) is 110 cm³/mol. The van der Waals surface area contributed by atoms with Crippen molar-refractivity contribution in [1.29, 1.82) is 0 Å². The van der Waals surface area contributed by atoms with Gasteiger partial charge in [-0.3, -0.25) is 4.79 Å². The highest BCUT2D eigenvalue weighted by Gasteiger charge is 2.36. The predicted octanol–water partition coefficient (Wildman–Crippen LogP) is 5.32. The maximum Gasteiger partial charge on any atom is 0.451 e. The smallest absolute Gasteiger partial charge is 0.348 e. The van der Waals surface area contributed by atoms with Crippen molar-refractivity contribution in [3.63, 3.8) is 0 Å². The van der Waals surface area contributed by atoms with Crippen LogP contribution in [0, 0.1) is 0 Å². The van der Waals surface area contributed by atoms with Crippen LogP contribution in [0.25, 0.3) is 10.9 Å². The van der Waals surface area contributed by atoms with E-state index in [-0.39, 0.29) is 22.5 Å². The number of rotatable bonds is 4. The average molecular weight is 431 g/mol. The summed E-state index contributed by atoms with van der Waals surface area (Å²) in [5.74, 6) is -1.42. The number of benzene rings is 2. The number of nitrogens with zero attached hydrogens (tertiary/aromatic N) is 2. The fourth-order valence-corrected chi connectivity index (χ4v) is 4.63. The van der Waals surface area contributed by atoms with E-state index in [1.807, 2.05) is 18.2 Å². The Morgan fingerprint density at radius 2 is 1.87 bits per heavy atom. The molecule has 1 N–H and O–H groups in total. The molecule has 4 rings (SSSR count). The largest absolute Gasteiger partial charge is 0.451 e. The van der Waals surface area contributed by atoms with Crippen LogP contribution in [0.1, 0.15) is 42.8 Å². The van der Waals surface area contributed by atoms with Crippen molar-refractivity contribution in [3.8, 4) is 0 Å². The lowest BCUT2D eigenvalue weighted by molar-refractivity contribution is -0.145. The van der Waals surface area contributed by atoms with E-state index in [0.29, 0.717) is 5.39 Å². The van der Waals surface area contributed by atoms with Crippen molar-refractivity contribution in [1.82, 2.24) is 15.3 Å². The molecular formula is C22H20F3N3OS.